The van der Waals surface area contributed by atoms with Gasteiger partial charge in [0.05, 0.1) is 5.02 Å². The van der Waals surface area contributed by atoms with Gasteiger partial charge >= 0.3 is 0 Å². The Kier molecular flexibility index (Phi) is 4.34. The quantitative estimate of drug-likeness (QED) is 0.896. The summed E-state index contributed by atoms with van der Waals surface area (Å²) in [7, 11) is 0. The minimum Gasteiger partial charge on any atom is -0.327 e. The van der Waals surface area contributed by atoms with E-state index >= 15 is 0 Å². The highest BCUT2D eigenvalue weighted by atomic mass is 35.5. The van der Waals surface area contributed by atoms with Gasteiger partial charge in [-0.05, 0) is 30.0 Å². The van der Waals surface area contributed by atoms with Crippen LogP contribution in [0, 0.1) is 5.82 Å². The van der Waals surface area contributed by atoms with Crippen LogP contribution in [0.5, 0.6) is 0 Å². The highest BCUT2D eigenvalue weighted by Gasteiger charge is 2.10. The molecule has 0 aliphatic carbocycles. The van der Waals surface area contributed by atoms with Crippen molar-refractivity contribution in [3.63, 3.8) is 0 Å². The van der Waals surface area contributed by atoms with Crippen molar-refractivity contribution in [3.8, 4) is 0 Å². The zero-order valence-electron chi connectivity index (χ0n) is 9.94. The van der Waals surface area contributed by atoms with Crippen LogP contribution in [-0.2, 0) is 12.8 Å². The lowest BCUT2D eigenvalue weighted by atomic mass is 10.00. The summed E-state index contributed by atoms with van der Waals surface area (Å²) in [6.07, 6.45) is 1.33. The van der Waals surface area contributed by atoms with Crippen LogP contribution < -0.4 is 5.73 Å². The van der Waals surface area contributed by atoms with Crippen molar-refractivity contribution >= 4 is 11.6 Å². The predicted molar refractivity (Wildman–Crippen MR) is 73.2 cm³/mol. The van der Waals surface area contributed by atoms with Crippen molar-refractivity contribution in [2.75, 3.05) is 0 Å². The van der Waals surface area contributed by atoms with Gasteiger partial charge < -0.3 is 5.73 Å². The molecule has 18 heavy (non-hydrogen) atoms. The first-order valence-corrected chi connectivity index (χ1v) is 6.27. The normalized spacial score (nSPS) is 12.4. The molecule has 0 saturated carbocycles. The van der Waals surface area contributed by atoms with E-state index in [4.69, 9.17) is 17.3 Å². The predicted octanol–water partition coefficient (Wildman–Crippen LogP) is 3.59. The average Bonchev–Trinajstić information content (AvgIpc) is 2.36. The lowest BCUT2D eigenvalue weighted by molar-refractivity contribution is 0.618. The molecule has 94 valence electrons. The van der Waals surface area contributed by atoms with Crippen molar-refractivity contribution in [1.82, 2.24) is 0 Å². The van der Waals surface area contributed by atoms with E-state index in [9.17, 15) is 4.39 Å². The lowest BCUT2D eigenvalue weighted by Crippen LogP contribution is -2.25. The zero-order chi connectivity index (χ0) is 13.0. The number of nitrogens with two attached hydrogens (primary N) is 1. The summed E-state index contributed by atoms with van der Waals surface area (Å²) in [5, 5.41) is 0.181. The fraction of sp³-hybridized carbons (Fsp3) is 0.200. The Bertz CT molecular complexity index is 513. The Morgan fingerprint density at radius 3 is 2.44 bits per heavy atom. The molecule has 0 saturated heterocycles. The molecular weight excluding hydrogens is 249 g/mol. The molecule has 0 fully saturated rings. The van der Waals surface area contributed by atoms with Crippen LogP contribution in [-0.4, -0.2) is 6.04 Å². The van der Waals surface area contributed by atoms with Gasteiger partial charge in [-0.15, -0.1) is 0 Å². The molecule has 0 amide bonds. The van der Waals surface area contributed by atoms with Crippen molar-refractivity contribution < 1.29 is 4.39 Å². The lowest BCUT2D eigenvalue weighted by Gasteiger charge is -2.13. The topological polar surface area (TPSA) is 26.0 Å². The fourth-order valence-corrected chi connectivity index (χ4v) is 2.18. The van der Waals surface area contributed by atoms with Gasteiger partial charge in [-0.3, -0.25) is 0 Å². The molecule has 0 aliphatic rings. The molecule has 0 radical (unpaired) electrons. The smallest absolute Gasteiger partial charge is 0.142 e. The summed E-state index contributed by atoms with van der Waals surface area (Å²) in [4.78, 5) is 0. The second-order valence-electron chi connectivity index (χ2n) is 4.37. The summed E-state index contributed by atoms with van der Waals surface area (Å²) in [5.41, 5.74) is 8.02. The Hall–Kier alpha value is -1.38. The van der Waals surface area contributed by atoms with Crippen molar-refractivity contribution in [3.05, 3.63) is 70.5 Å². The van der Waals surface area contributed by atoms with Crippen LogP contribution in [0.1, 0.15) is 11.1 Å². The molecule has 2 N–H and O–H groups in total. The molecule has 1 unspecified atom stereocenters. The number of halogens is 2. The van der Waals surface area contributed by atoms with E-state index in [1.54, 1.807) is 6.07 Å². The largest absolute Gasteiger partial charge is 0.327 e. The molecule has 0 aromatic heterocycles. The minimum atomic E-state index is -0.388. The third-order valence-corrected chi connectivity index (χ3v) is 3.28. The first-order valence-electron chi connectivity index (χ1n) is 5.89. The second-order valence-corrected chi connectivity index (χ2v) is 4.74. The summed E-state index contributed by atoms with van der Waals surface area (Å²) in [6.45, 7) is 0. The first kappa shape index (κ1) is 13.1. The molecule has 1 nitrogen and oxygen atoms in total. The minimum absolute atomic E-state index is 0.0632. The van der Waals surface area contributed by atoms with Gasteiger partial charge in [-0.25, -0.2) is 4.39 Å². The molecule has 0 aliphatic heterocycles. The van der Waals surface area contributed by atoms with Crippen LogP contribution in [0.4, 0.5) is 4.39 Å². The number of hydrogen-bond acceptors (Lipinski definition) is 1. The third-order valence-electron chi connectivity index (χ3n) is 2.85. The van der Waals surface area contributed by atoms with E-state index in [-0.39, 0.29) is 16.9 Å². The van der Waals surface area contributed by atoms with E-state index in [1.807, 2.05) is 36.4 Å². The maximum atomic E-state index is 13.3. The Morgan fingerprint density at radius 1 is 1.00 bits per heavy atom. The highest BCUT2D eigenvalue weighted by Crippen LogP contribution is 2.21. The molecule has 1 atom stereocenters. The molecule has 2 rings (SSSR count). The molecule has 0 spiro atoms. The maximum Gasteiger partial charge on any atom is 0.142 e. The Balaban J connectivity index is 2.03. The van der Waals surface area contributed by atoms with Crippen LogP contribution in [0.15, 0.2) is 48.5 Å². The molecule has 3 heteroatoms. The monoisotopic (exact) mass is 263 g/mol. The zero-order valence-corrected chi connectivity index (χ0v) is 10.7. The van der Waals surface area contributed by atoms with Gasteiger partial charge in [0, 0.05) is 6.04 Å². The number of hydrogen-bond donors (Lipinski definition) is 1. The number of rotatable bonds is 4. The summed E-state index contributed by atoms with van der Waals surface area (Å²) in [5.74, 6) is -0.388. The van der Waals surface area contributed by atoms with Crippen LogP contribution in [0.3, 0.4) is 0 Å². The highest BCUT2D eigenvalue weighted by molar-refractivity contribution is 6.31. The summed E-state index contributed by atoms with van der Waals surface area (Å²) >= 11 is 5.91. The maximum absolute atomic E-state index is 13.3. The van der Waals surface area contributed by atoms with Gasteiger partial charge in [0.15, 0.2) is 0 Å². The van der Waals surface area contributed by atoms with Gasteiger partial charge in [-0.1, -0.05) is 54.1 Å². The SMILES string of the molecule is NC(Cc1ccccc1)Cc1cccc(F)c1Cl. The van der Waals surface area contributed by atoms with Crippen LogP contribution >= 0.6 is 11.6 Å². The van der Waals surface area contributed by atoms with Crippen molar-refractivity contribution in [1.29, 1.82) is 0 Å². The molecule has 2 aromatic carbocycles. The van der Waals surface area contributed by atoms with Gasteiger partial charge in [0.25, 0.3) is 0 Å². The molecular formula is C15H15ClFN. The molecule has 0 bridgehead atoms. The summed E-state index contributed by atoms with van der Waals surface area (Å²) in [6, 6.07) is 14.8. The van der Waals surface area contributed by atoms with Gasteiger partial charge in [0.1, 0.15) is 5.82 Å². The number of benzene rings is 2. The average molecular weight is 264 g/mol. The first-order chi connectivity index (χ1) is 8.66. The van der Waals surface area contributed by atoms with E-state index in [2.05, 4.69) is 0 Å². The van der Waals surface area contributed by atoms with E-state index < -0.39 is 0 Å². The van der Waals surface area contributed by atoms with Crippen molar-refractivity contribution in [2.24, 2.45) is 5.73 Å². The van der Waals surface area contributed by atoms with Crippen molar-refractivity contribution in [2.45, 2.75) is 18.9 Å². The van der Waals surface area contributed by atoms with E-state index in [0.717, 1.165) is 12.0 Å². The Morgan fingerprint density at radius 2 is 1.72 bits per heavy atom. The molecule has 0 heterocycles. The Labute approximate surface area is 111 Å². The van der Waals surface area contributed by atoms with E-state index in [0.29, 0.717) is 6.42 Å². The molecule has 2 aromatic rings. The van der Waals surface area contributed by atoms with Gasteiger partial charge in [-0.2, -0.15) is 0 Å². The van der Waals surface area contributed by atoms with Crippen LogP contribution in [0.2, 0.25) is 5.02 Å². The van der Waals surface area contributed by atoms with Crippen LogP contribution in [0.25, 0.3) is 0 Å². The standard InChI is InChI=1S/C15H15ClFN/c16-15-12(7-4-8-14(15)17)10-13(18)9-11-5-2-1-3-6-11/h1-8,13H,9-10,18H2. The third kappa shape index (κ3) is 3.31. The second kappa shape index (κ2) is 5.98. The van der Waals surface area contributed by atoms with Gasteiger partial charge in [0.2, 0.25) is 0 Å². The summed E-state index contributed by atoms with van der Waals surface area (Å²) < 4.78 is 13.3. The fourth-order valence-electron chi connectivity index (χ4n) is 1.98. The van der Waals surface area contributed by atoms with E-state index in [1.165, 1.54) is 11.6 Å².